The first-order chi connectivity index (χ1) is 10.7. The van der Waals surface area contributed by atoms with Crippen LogP contribution in [0.1, 0.15) is 24.0 Å². The maximum atomic E-state index is 5.61. The third-order valence-corrected chi connectivity index (χ3v) is 3.94. The van der Waals surface area contributed by atoms with Gasteiger partial charge in [0.2, 0.25) is 0 Å². The summed E-state index contributed by atoms with van der Waals surface area (Å²) in [6, 6.07) is 8.17. The third kappa shape index (κ3) is 3.54. The average molecular weight is 298 g/mol. The number of para-hydroxylation sites is 1. The highest BCUT2D eigenvalue weighted by Crippen LogP contribution is 2.24. The van der Waals surface area contributed by atoms with Gasteiger partial charge < -0.3 is 15.4 Å². The van der Waals surface area contributed by atoms with E-state index < -0.39 is 0 Å². The molecule has 5 nitrogen and oxygen atoms in total. The highest BCUT2D eigenvalue weighted by atomic mass is 16.5. The van der Waals surface area contributed by atoms with Crippen molar-refractivity contribution in [3.63, 3.8) is 0 Å². The number of hydrogen-bond acceptors (Lipinski definition) is 5. The van der Waals surface area contributed by atoms with E-state index in [4.69, 9.17) is 4.74 Å². The maximum Gasteiger partial charge on any atom is 0.135 e. The van der Waals surface area contributed by atoms with Gasteiger partial charge in [0.15, 0.2) is 0 Å². The Bertz CT molecular complexity index is 618. The number of aryl methyl sites for hydroxylation is 2. The van der Waals surface area contributed by atoms with Gasteiger partial charge in [0.1, 0.15) is 18.0 Å². The highest BCUT2D eigenvalue weighted by Gasteiger charge is 2.15. The van der Waals surface area contributed by atoms with Crippen molar-refractivity contribution in [2.24, 2.45) is 0 Å². The minimum Gasteiger partial charge on any atom is -0.376 e. The van der Waals surface area contributed by atoms with Crippen molar-refractivity contribution in [2.45, 2.75) is 32.8 Å². The Kier molecular flexibility index (Phi) is 4.53. The van der Waals surface area contributed by atoms with Gasteiger partial charge >= 0.3 is 0 Å². The minimum absolute atomic E-state index is 0.296. The number of hydrogen-bond donors (Lipinski definition) is 2. The van der Waals surface area contributed by atoms with Gasteiger partial charge in [0.25, 0.3) is 0 Å². The molecule has 3 rings (SSSR count). The Hall–Kier alpha value is -2.14. The van der Waals surface area contributed by atoms with E-state index in [1.54, 1.807) is 6.33 Å². The summed E-state index contributed by atoms with van der Waals surface area (Å²) in [5, 5.41) is 6.71. The van der Waals surface area contributed by atoms with E-state index in [0.717, 1.165) is 43.3 Å². The van der Waals surface area contributed by atoms with Crippen molar-refractivity contribution in [1.82, 2.24) is 9.97 Å². The zero-order valence-corrected chi connectivity index (χ0v) is 13.1. The van der Waals surface area contributed by atoms with E-state index in [0.29, 0.717) is 6.10 Å². The molecule has 116 valence electrons. The normalized spacial score (nSPS) is 17.5. The van der Waals surface area contributed by atoms with Crippen LogP contribution in [0.3, 0.4) is 0 Å². The predicted molar refractivity (Wildman–Crippen MR) is 88.7 cm³/mol. The molecule has 1 unspecified atom stereocenters. The van der Waals surface area contributed by atoms with Crippen LogP contribution in [-0.4, -0.2) is 29.2 Å². The van der Waals surface area contributed by atoms with Crippen molar-refractivity contribution in [3.05, 3.63) is 41.7 Å². The van der Waals surface area contributed by atoms with Gasteiger partial charge in [-0.2, -0.15) is 0 Å². The van der Waals surface area contributed by atoms with Gasteiger partial charge in [-0.3, -0.25) is 0 Å². The Morgan fingerprint density at radius 2 is 1.95 bits per heavy atom. The summed E-state index contributed by atoms with van der Waals surface area (Å²) in [5.41, 5.74) is 3.51. The molecule has 0 radical (unpaired) electrons. The number of nitrogens with one attached hydrogen (secondary N) is 2. The molecule has 1 aromatic carbocycles. The summed E-state index contributed by atoms with van der Waals surface area (Å²) in [5.74, 6) is 1.61. The lowest BCUT2D eigenvalue weighted by atomic mass is 10.1. The van der Waals surface area contributed by atoms with Crippen LogP contribution >= 0.6 is 0 Å². The first-order valence-electron chi connectivity index (χ1n) is 7.73. The van der Waals surface area contributed by atoms with Crippen LogP contribution in [0.25, 0.3) is 0 Å². The molecule has 1 aromatic heterocycles. The van der Waals surface area contributed by atoms with Crippen LogP contribution in [-0.2, 0) is 4.74 Å². The van der Waals surface area contributed by atoms with Crippen LogP contribution in [0.4, 0.5) is 17.3 Å². The van der Waals surface area contributed by atoms with E-state index in [1.807, 2.05) is 6.07 Å². The molecule has 0 bridgehead atoms. The standard InChI is InChI=1S/C17H22N4O/c1-12-5-3-6-13(2)17(12)21-16-9-15(19-11-20-16)18-10-14-7-4-8-22-14/h3,5-6,9,11,14H,4,7-8,10H2,1-2H3,(H2,18,19,20,21). The van der Waals surface area contributed by atoms with Crippen LogP contribution < -0.4 is 10.6 Å². The van der Waals surface area contributed by atoms with E-state index in [9.17, 15) is 0 Å². The average Bonchev–Trinajstić information content (AvgIpc) is 3.03. The lowest BCUT2D eigenvalue weighted by molar-refractivity contribution is 0.120. The van der Waals surface area contributed by atoms with Crippen molar-refractivity contribution >= 4 is 17.3 Å². The molecule has 0 aliphatic carbocycles. The number of aromatic nitrogens is 2. The van der Waals surface area contributed by atoms with Gasteiger partial charge in [-0.25, -0.2) is 9.97 Å². The van der Waals surface area contributed by atoms with Crippen LogP contribution in [0, 0.1) is 13.8 Å². The predicted octanol–water partition coefficient (Wildman–Crippen LogP) is 3.43. The maximum absolute atomic E-state index is 5.61. The van der Waals surface area contributed by atoms with Crippen LogP contribution in [0.5, 0.6) is 0 Å². The molecule has 5 heteroatoms. The molecule has 1 aliphatic heterocycles. The Labute approximate surface area is 131 Å². The minimum atomic E-state index is 0.296. The molecule has 1 aliphatic rings. The van der Waals surface area contributed by atoms with Gasteiger partial charge in [-0.15, -0.1) is 0 Å². The summed E-state index contributed by atoms with van der Waals surface area (Å²) >= 11 is 0. The summed E-state index contributed by atoms with van der Waals surface area (Å²) in [4.78, 5) is 8.57. The summed E-state index contributed by atoms with van der Waals surface area (Å²) in [7, 11) is 0. The van der Waals surface area contributed by atoms with Crippen molar-refractivity contribution < 1.29 is 4.74 Å². The number of ether oxygens (including phenoxy) is 1. The second-order valence-corrected chi connectivity index (χ2v) is 5.70. The molecule has 1 fully saturated rings. The van der Waals surface area contributed by atoms with E-state index in [-0.39, 0.29) is 0 Å². The van der Waals surface area contributed by atoms with Crippen molar-refractivity contribution in [1.29, 1.82) is 0 Å². The Morgan fingerprint density at radius 1 is 1.18 bits per heavy atom. The zero-order chi connectivity index (χ0) is 15.4. The monoisotopic (exact) mass is 298 g/mol. The number of benzene rings is 1. The molecule has 22 heavy (non-hydrogen) atoms. The van der Waals surface area contributed by atoms with E-state index in [1.165, 1.54) is 11.1 Å². The lowest BCUT2D eigenvalue weighted by Gasteiger charge is -2.14. The molecule has 1 atom stereocenters. The molecule has 0 amide bonds. The topological polar surface area (TPSA) is 59.1 Å². The van der Waals surface area contributed by atoms with Gasteiger partial charge in [0.05, 0.1) is 6.10 Å². The van der Waals surface area contributed by atoms with Gasteiger partial charge in [-0.1, -0.05) is 18.2 Å². The SMILES string of the molecule is Cc1cccc(C)c1Nc1cc(NCC2CCCO2)ncn1. The lowest BCUT2D eigenvalue weighted by Crippen LogP contribution is -2.19. The van der Waals surface area contributed by atoms with E-state index in [2.05, 4.69) is 52.6 Å². The molecule has 0 saturated carbocycles. The first-order valence-corrected chi connectivity index (χ1v) is 7.73. The van der Waals surface area contributed by atoms with Crippen LogP contribution in [0.2, 0.25) is 0 Å². The smallest absolute Gasteiger partial charge is 0.135 e. The first kappa shape index (κ1) is 14.8. The van der Waals surface area contributed by atoms with E-state index >= 15 is 0 Å². The largest absolute Gasteiger partial charge is 0.376 e. The molecular weight excluding hydrogens is 276 g/mol. The molecule has 1 saturated heterocycles. The van der Waals surface area contributed by atoms with Gasteiger partial charge in [0, 0.05) is 24.9 Å². The Morgan fingerprint density at radius 3 is 2.68 bits per heavy atom. The molecule has 2 aromatic rings. The number of rotatable bonds is 5. The van der Waals surface area contributed by atoms with Crippen LogP contribution in [0.15, 0.2) is 30.6 Å². The zero-order valence-electron chi connectivity index (χ0n) is 13.1. The summed E-state index contributed by atoms with van der Waals surface area (Å²) in [6.07, 6.45) is 4.14. The molecule has 2 N–H and O–H groups in total. The second-order valence-electron chi connectivity index (χ2n) is 5.70. The fourth-order valence-corrected chi connectivity index (χ4v) is 2.69. The molecule has 0 spiro atoms. The highest BCUT2D eigenvalue weighted by molar-refractivity contribution is 5.65. The van der Waals surface area contributed by atoms with Gasteiger partial charge in [-0.05, 0) is 37.8 Å². The Balaban J connectivity index is 1.68. The fourth-order valence-electron chi connectivity index (χ4n) is 2.69. The number of anilines is 3. The summed E-state index contributed by atoms with van der Waals surface area (Å²) < 4.78 is 5.61. The van der Waals surface area contributed by atoms with Crippen molar-refractivity contribution in [3.8, 4) is 0 Å². The third-order valence-electron chi connectivity index (χ3n) is 3.94. The summed E-state index contributed by atoms with van der Waals surface area (Å²) in [6.45, 7) is 5.84. The quantitative estimate of drug-likeness (QED) is 0.885. The second kappa shape index (κ2) is 6.75. The number of nitrogens with zero attached hydrogens (tertiary/aromatic N) is 2. The fraction of sp³-hybridized carbons (Fsp3) is 0.412. The van der Waals surface area contributed by atoms with Crippen molar-refractivity contribution in [2.75, 3.05) is 23.8 Å². The molecular formula is C17H22N4O. The molecule has 2 heterocycles.